The van der Waals surface area contributed by atoms with Crippen molar-refractivity contribution in [2.75, 3.05) is 13.2 Å². The van der Waals surface area contributed by atoms with Crippen molar-refractivity contribution < 1.29 is 9.59 Å². The van der Waals surface area contributed by atoms with Crippen LogP contribution in [-0.4, -0.2) is 35.0 Å². The van der Waals surface area contributed by atoms with Gasteiger partial charge in [0.2, 0.25) is 0 Å². The van der Waals surface area contributed by atoms with Crippen molar-refractivity contribution in [1.82, 2.24) is 15.1 Å². The van der Waals surface area contributed by atoms with E-state index >= 15 is 0 Å². The highest BCUT2D eigenvalue weighted by atomic mass is 32.1. The Bertz CT molecular complexity index is 804. The van der Waals surface area contributed by atoms with E-state index in [2.05, 4.69) is 21.7 Å². The molecular weight excluding hydrogens is 334 g/mol. The Kier molecular flexibility index (Phi) is 4.09. The fourth-order valence-corrected chi connectivity index (χ4v) is 4.63. The van der Waals surface area contributed by atoms with Gasteiger partial charge in [-0.25, -0.2) is 9.69 Å². The van der Waals surface area contributed by atoms with Crippen molar-refractivity contribution >= 4 is 23.3 Å². The second-order valence-electron chi connectivity index (χ2n) is 6.60. The Morgan fingerprint density at radius 2 is 2.00 bits per heavy atom. The standard InChI is InChI=1S/C19H21N3O2S/c1-2-19(15-6-4-3-5-7-15)17(23)22(18(24)20-19)13-21-10-8-16-14(12-21)9-11-25-16/h3-7,9,11H,2,8,10,12-13H2,1H3,(H,20,24)/t19-/m1/s1. The first kappa shape index (κ1) is 16.3. The Labute approximate surface area is 151 Å². The number of thiophene rings is 1. The topological polar surface area (TPSA) is 52.7 Å². The van der Waals surface area contributed by atoms with Gasteiger partial charge in [-0.1, -0.05) is 37.3 Å². The lowest BCUT2D eigenvalue weighted by atomic mass is 9.87. The van der Waals surface area contributed by atoms with Crippen LogP contribution in [0.15, 0.2) is 41.8 Å². The van der Waals surface area contributed by atoms with Crippen LogP contribution in [-0.2, 0) is 23.3 Å². The molecule has 0 radical (unpaired) electrons. The largest absolute Gasteiger partial charge is 0.326 e. The summed E-state index contributed by atoms with van der Waals surface area (Å²) in [4.78, 5) is 30.7. The normalized spacial score (nSPS) is 23.6. The molecule has 5 nitrogen and oxygen atoms in total. The summed E-state index contributed by atoms with van der Waals surface area (Å²) in [6, 6.07) is 11.4. The summed E-state index contributed by atoms with van der Waals surface area (Å²) in [6.07, 6.45) is 1.51. The molecule has 2 aromatic rings. The van der Waals surface area contributed by atoms with Crippen molar-refractivity contribution in [2.24, 2.45) is 0 Å². The Morgan fingerprint density at radius 3 is 2.76 bits per heavy atom. The summed E-state index contributed by atoms with van der Waals surface area (Å²) in [5, 5.41) is 5.06. The second-order valence-corrected chi connectivity index (χ2v) is 7.60. The van der Waals surface area contributed by atoms with Crippen LogP contribution in [0, 0.1) is 0 Å². The van der Waals surface area contributed by atoms with Gasteiger partial charge in [-0.3, -0.25) is 9.69 Å². The molecule has 130 valence electrons. The van der Waals surface area contributed by atoms with Gasteiger partial charge in [-0.2, -0.15) is 0 Å². The zero-order valence-electron chi connectivity index (χ0n) is 14.2. The highest BCUT2D eigenvalue weighted by Crippen LogP contribution is 2.33. The number of imide groups is 1. The minimum atomic E-state index is -0.943. The van der Waals surface area contributed by atoms with E-state index in [1.807, 2.05) is 37.3 Å². The number of hydrogen-bond donors (Lipinski definition) is 1. The highest BCUT2D eigenvalue weighted by molar-refractivity contribution is 7.10. The molecule has 4 rings (SSSR count). The van der Waals surface area contributed by atoms with E-state index < -0.39 is 5.54 Å². The number of fused-ring (bicyclic) bond motifs is 1. The maximum absolute atomic E-state index is 13.2. The van der Waals surface area contributed by atoms with Gasteiger partial charge in [0.1, 0.15) is 5.54 Å². The number of carbonyl (C=O) groups is 2. The predicted octanol–water partition coefficient (Wildman–Crippen LogP) is 2.92. The Balaban J connectivity index is 1.56. The molecule has 6 heteroatoms. The lowest BCUT2D eigenvalue weighted by molar-refractivity contribution is -0.133. The monoisotopic (exact) mass is 355 g/mol. The van der Waals surface area contributed by atoms with Crippen molar-refractivity contribution in [3.63, 3.8) is 0 Å². The van der Waals surface area contributed by atoms with Gasteiger partial charge < -0.3 is 5.32 Å². The van der Waals surface area contributed by atoms with Crippen LogP contribution in [0.25, 0.3) is 0 Å². The maximum Gasteiger partial charge on any atom is 0.326 e. The Hall–Kier alpha value is -2.18. The summed E-state index contributed by atoms with van der Waals surface area (Å²) in [6.45, 7) is 3.94. The fraction of sp³-hybridized carbons (Fsp3) is 0.368. The molecule has 25 heavy (non-hydrogen) atoms. The van der Waals surface area contributed by atoms with E-state index in [0.29, 0.717) is 13.1 Å². The predicted molar refractivity (Wildman–Crippen MR) is 97.1 cm³/mol. The fourth-order valence-electron chi connectivity index (χ4n) is 3.74. The van der Waals surface area contributed by atoms with Crippen LogP contribution in [0.5, 0.6) is 0 Å². The van der Waals surface area contributed by atoms with Crippen LogP contribution in [0.1, 0.15) is 29.3 Å². The van der Waals surface area contributed by atoms with E-state index in [1.165, 1.54) is 15.3 Å². The third kappa shape index (κ3) is 2.65. The van der Waals surface area contributed by atoms with Gasteiger partial charge in [0, 0.05) is 18.0 Å². The molecule has 1 atom stereocenters. The van der Waals surface area contributed by atoms with Gasteiger partial charge in [0.05, 0.1) is 6.67 Å². The Morgan fingerprint density at radius 1 is 1.20 bits per heavy atom. The molecule has 1 N–H and O–H groups in total. The first-order valence-electron chi connectivity index (χ1n) is 8.61. The molecule has 3 heterocycles. The SMILES string of the molecule is CC[C@]1(c2ccccc2)NC(=O)N(CN2CCc3sccc3C2)C1=O. The molecule has 0 bridgehead atoms. The molecule has 0 spiro atoms. The van der Waals surface area contributed by atoms with Gasteiger partial charge in [-0.05, 0) is 35.4 Å². The van der Waals surface area contributed by atoms with Crippen LogP contribution in [0.2, 0.25) is 0 Å². The number of amides is 3. The van der Waals surface area contributed by atoms with Gasteiger partial charge in [-0.15, -0.1) is 11.3 Å². The number of hydrogen-bond acceptors (Lipinski definition) is 4. The van der Waals surface area contributed by atoms with E-state index in [4.69, 9.17) is 0 Å². The summed E-state index contributed by atoms with van der Waals surface area (Å²) >= 11 is 1.79. The quantitative estimate of drug-likeness (QED) is 0.858. The molecule has 2 aliphatic heterocycles. The van der Waals surface area contributed by atoms with Crippen molar-refractivity contribution in [1.29, 1.82) is 0 Å². The molecule has 0 saturated carbocycles. The smallest absolute Gasteiger partial charge is 0.319 e. The number of benzene rings is 1. The molecule has 0 unspecified atom stereocenters. The van der Waals surface area contributed by atoms with Crippen molar-refractivity contribution in [3.05, 3.63) is 57.8 Å². The van der Waals surface area contributed by atoms with Gasteiger partial charge in [0.15, 0.2) is 0 Å². The zero-order chi connectivity index (χ0) is 17.4. The van der Waals surface area contributed by atoms with Gasteiger partial charge >= 0.3 is 6.03 Å². The first-order valence-corrected chi connectivity index (χ1v) is 9.49. The van der Waals surface area contributed by atoms with Crippen molar-refractivity contribution in [3.8, 4) is 0 Å². The molecule has 1 aromatic heterocycles. The van der Waals surface area contributed by atoms with Crippen LogP contribution >= 0.6 is 11.3 Å². The maximum atomic E-state index is 13.2. The molecule has 3 amide bonds. The number of carbonyl (C=O) groups excluding carboxylic acids is 2. The van der Waals surface area contributed by atoms with Crippen molar-refractivity contribution in [2.45, 2.75) is 31.8 Å². The molecule has 0 aliphatic carbocycles. The number of nitrogens with zero attached hydrogens (tertiary/aromatic N) is 2. The summed E-state index contributed by atoms with van der Waals surface area (Å²) < 4.78 is 0. The number of rotatable bonds is 4. The van der Waals surface area contributed by atoms with Crippen LogP contribution in [0.4, 0.5) is 4.79 Å². The second kappa shape index (κ2) is 6.28. The van der Waals surface area contributed by atoms with E-state index in [9.17, 15) is 9.59 Å². The van der Waals surface area contributed by atoms with Gasteiger partial charge in [0.25, 0.3) is 5.91 Å². The lowest BCUT2D eigenvalue weighted by Crippen LogP contribution is -2.46. The molecule has 1 fully saturated rings. The molecular formula is C19H21N3O2S. The van der Waals surface area contributed by atoms with E-state index in [-0.39, 0.29) is 11.9 Å². The third-order valence-corrected chi connectivity index (χ3v) is 6.22. The highest BCUT2D eigenvalue weighted by Gasteiger charge is 2.51. The lowest BCUT2D eigenvalue weighted by Gasteiger charge is -2.30. The minimum absolute atomic E-state index is 0.151. The molecule has 1 saturated heterocycles. The summed E-state index contributed by atoms with van der Waals surface area (Å²) in [5.74, 6) is -0.151. The number of nitrogens with one attached hydrogen (secondary N) is 1. The molecule has 1 aromatic carbocycles. The van der Waals surface area contributed by atoms with E-state index in [1.54, 1.807) is 11.3 Å². The van der Waals surface area contributed by atoms with Crippen LogP contribution < -0.4 is 5.32 Å². The third-order valence-electron chi connectivity index (χ3n) is 5.20. The average molecular weight is 355 g/mol. The minimum Gasteiger partial charge on any atom is -0.319 e. The number of urea groups is 1. The average Bonchev–Trinajstić information content (AvgIpc) is 3.20. The molecule has 2 aliphatic rings. The summed E-state index contributed by atoms with van der Waals surface area (Å²) in [7, 11) is 0. The first-order chi connectivity index (χ1) is 12.1. The zero-order valence-corrected chi connectivity index (χ0v) is 15.0. The van der Waals surface area contributed by atoms with E-state index in [0.717, 1.165) is 25.1 Å². The summed E-state index contributed by atoms with van der Waals surface area (Å²) in [5.41, 5.74) is 1.21. The van der Waals surface area contributed by atoms with Crippen LogP contribution in [0.3, 0.4) is 0 Å².